The zero-order chi connectivity index (χ0) is 12.4. The summed E-state index contributed by atoms with van der Waals surface area (Å²) in [6.45, 7) is 2.49. The molecule has 2 aromatic heterocycles. The monoisotopic (exact) mass is 244 g/mol. The van der Waals surface area contributed by atoms with Crippen molar-refractivity contribution in [1.29, 1.82) is 0 Å². The molecular formula is C13H16N4O. The number of hydrogen-bond acceptors (Lipinski definition) is 3. The summed E-state index contributed by atoms with van der Waals surface area (Å²) in [6.07, 6.45) is 4.24. The third-order valence-electron chi connectivity index (χ3n) is 3.37. The number of amides is 1. The molecule has 0 spiro atoms. The van der Waals surface area contributed by atoms with Crippen LogP contribution in [0.25, 0.3) is 11.0 Å². The summed E-state index contributed by atoms with van der Waals surface area (Å²) in [5, 5.41) is 7.21. The fraction of sp³-hybridized carbons (Fsp3) is 0.385. The van der Waals surface area contributed by atoms with Crippen molar-refractivity contribution in [3.63, 3.8) is 0 Å². The maximum atomic E-state index is 11.7. The zero-order valence-corrected chi connectivity index (χ0v) is 10.1. The molecule has 0 radical (unpaired) electrons. The highest BCUT2D eigenvalue weighted by molar-refractivity contribution is 5.80. The maximum Gasteiger partial charge on any atom is 0.220 e. The lowest BCUT2D eigenvalue weighted by Gasteiger charge is -2.26. The topological polar surface area (TPSA) is 69.8 Å². The number of aromatic amines is 1. The van der Waals surface area contributed by atoms with E-state index in [0.29, 0.717) is 18.9 Å². The predicted molar refractivity (Wildman–Crippen MR) is 68.9 cm³/mol. The molecule has 0 aromatic carbocycles. The van der Waals surface area contributed by atoms with Crippen LogP contribution >= 0.6 is 0 Å². The summed E-state index contributed by atoms with van der Waals surface area (Å²) in [4.78, 5) is 19.0. The van der Waals surface area contributed by atoms with Gasteiger partial charge in [-0.15, -0.1) is 0 Å². The lowest BCUT2D eigenvalue weighted by molar-refractivity contribution is -0.122. The van der Waals surface area contributed by atoms with Crippen molar-refractivity contribution < 1.29 is 4.79 Å². The molecule has 0 unspecified atom stereocenters. The predicted octanol–water partition coefficient (Wildman–Crippen LogP) is 0.789. The zero-order valence-electron chi connectivity index (χ0n) is 10.1. The van der Waals surface area contributed by atoms with E-state index in [4.69, 9.17) is 0 Å². The second kappa shape index (κ2) is 4.78. The number of nitrogens with zero attached hydrogens (tertiary/aromatic N) is 1. The average Bonchev–Trinajstić information content (AvgIpc) is 2.80. The van der Waals surface area contributed by atoms with Crippen molar-refractivity contribution >= 4 is 16.9 Å². The number of carbonyl (C=O) groups is 1. The molecule has 0 atom stereocenters. The molecule has 5 nitrogen and oxygen atoms in total. The summed E-state index contributed by atoms with van der Waals surface area (Å²) in [5.41, 5.74) is 1.96. The Morgan fingerprint density at radius 3 is 3.11 bits per heavy atom. The normalized spacial score (nSPS) is 15.6. The van der Waals surface area contributed by atoms with Gasteiger partial charge in [-0.2, -0.15) is 0 Å². The number of pyridine rings is 1. The van der Waals surface area contributed by atoms with Crippen LogP contribution in [0.5, 0.6) is 0 Å². The van der Waals surface area contributed by atoms with Crippen molar-refractivity contribution in [2.75, 3.05) is 13.1 Å². The van der Waals surface area contributed by atoms with Crippen molar-refractivity contribution in [3.05, 3.63) is 30.1 Å². The lowest BCUT2D eigenvalue weighted by atomic mass is 9.99. The minimum absolute atomic E-state index is 0.127. The van der Waals surface area contributed by atoms with Gasteiger partial charge in [0.15, 0.2) is 0 Å². The molecule has 18 heavy (non-hydrogen) atoms. The van der Waals surface area contributed by atoms with Crippen molar-refractivity contribution in [2.24, 2.45) is 5.92 Å². The Morgan fingerprint density at radius 1 is 1.44 bits per heavy atom. The molecular weight excluding hydrogens is 228 g/mol. The molecule has 1 aliphatic heterocycles. The number of H-pyrrole nitrogens is 1. The van der Waals surface area contributed by atoms with Crippen LogP contribution in [0.15, 0.2) is 24.5 Å². The van der Waals surface area contributed by atoms with E-state index in [2.05, 4.69) is 20.6 Å². The van der Waals surface area contributed by atoms with Crippen molar-refractivity contribution in [2.45, 2.75) is 13.0 Å². The Hall–Kier alpha value is -1.88. The van der Waals surface area contributed by atoms with Crippen LogP contribution in [0.3, 0.4) is 0 Å². The minimum Gasteiger partial charge on any atom is -0.352 e. The van der Waals surface area contributed by atoms with Gasteiger partial charge in [-0.1, -0.05) is 0 Å². The molecule has 0 bridgehead atoms. The van der Waals surface area contributed by atoms with Crippen LogP contribution < -0.4 is 10.6 Å². The van der Waals surface area contributed by atoms with Crippen molar-refractivity contribution in [1.82, 2.24) is 20.6 Å². The highest BCUT2D eigenvalue weighted by Crippen LogP contribution is 2.15. The number of aromatic nitrogens is 2. The molecule has 5 heteroatoms. The highest BCUT2D eigenvalue weighted by Gasteiger charge is 2.19. The van der Waals surface area contributed by atoms with Gasteiger partial charge in [0.05, 0.1) is 0 Å². The molecule has 3 heterocycles. The molecule has 1 amide bonds. The van der Waals surface area contributed by atoms with Gasteiger partial charge in [0.25, 0.3) is 0 Å². The first-order chi connectivity index (χ1) is 8.83. The van der Waals surface area contributed by atoms with E-state index in [1.165, 1.54) is 0 Å². The van der Waals surface area contributed by atoms with Crippen LogP contribution in [-0.4, -0.2) is 29.0 Å². The number of hydrogen-bond donors (Lipinski definition) is 3. The lowest BCUT2D eigenvalue weighted by Crippen LogP contribution is -2.44. The molecule has 0 aliphatic carbocycles. The molecule has 94 valence electrons. The summed E-state index contributed by atoms with van der Waals surface area (Å²) < 4.78 is 0. The van der Waals surface area contributed by atoms with Gasteiger partial charge in [-0.25, -0.2) is 4.98 Å². The maximum absolute atomic E-state index is 11.7. The van der Waals surface area contributed by atoms with Gasteiger partial charge < -0.3 is 15.6 Å². The first-order valence-corrected chi connectivity index (χ1v) is 6.21. The fourth-order valence-corrected chi connectivity index (χ4v) is 2.19. The smallest absolute Gasteiger partial charge is 0.220 e. The molecule has 0 saturated carbocycles. The minimum atomic E-state index is 0.127. The highest BCUT2D eigenvalue weighted by atomic mass is 16.1. The van der Waals surface area contributed by atoms with Gasteiger partial charge in [0, 0.05) is 30.7 Å². The van der Waals surface area contributed by atoms with Crippen LogP contribution in [0.1, 0.15) is 12.0 Å². The SMILES string of the molecule is O=C(CC1CNC1)NCc1ccnc2[nH]ccc12. The van der Waals surface area contributed by atoms with Crippen LogP contribution in [0.4, 0.5) is 0 Å². The van der Waals surface area contributed by atoms with E-state index in [0.717, 1.165) is 29.7 Å². The van der Waals surface area contributed by atoms with Gasteiger partial charge in [0.2, 0.25) is 5.91 Å². The summed E-state index contributed by atoms with van der Waals surface area (Å²) in [6, 6.07) is 3.93. The second-order valence-electron chi connectivity index (χ2n) is 4.72. The first-order valence-electron chi connectivity index (χ1n) is 6.21. The van der Waals surface area contributed by atoms with Crippen LogP contribution in [0.2, 0.25) is 0 Å². The van der Waals surface area contributed by atoms with E-state index in [9.17, 15) is 4.79 Å². The standard InChI is InChI=1S/C13H16N4O/c18-12(5-9-6-14-7-9)17-8-10-1-3-15-13-11(10)2-4-16-13/h1-4,9,14H,5-8H2,(H,15,16)(H,17,18). The third-order valence-corrected chi connectivity index (χ3v) is 3.37. The Kier molecular flexibility index (Phi) is 2.98. The molecule has 1 saturated heterocycles. The van der Waals surface area contributed by atoms with Gasteiger partial charge in [0.1, 0.15) is 5.65 Å². The van der Waals surface area contributed by atoms with E-state index in [1.807, 2.05) is 18.3 Å². The third kappa shape index (κ3) is 2.22. The summed E-state index contributed by atoms with van der Waals surface area (Å²) in [7, 11) is 0. The molecule has 1 aliphatic rings. The van der Waals surface area contributed by atoms with E-state index in [1.54, 1.807) is 6.20 Å². The molecule has 3 rings (SSSR count). The van der Waals surface area contributed by atoms with Crippen LogP contribution in [-0.2, 0) is 11.3 Å². The fourth-order valence-electron chi connectivity index (χ4n) is 2.19. The Labute approximate surface area is 105 Å². The van der Waals surface area contributed by atoms with E-state index < -0.39 is 0 Å². The Morgan fingerprint density at radius 2 is 2.33 bits per heavy atom. The number of nitrogens with one attached hydrogen (secondary N) is 3. The first kappa shape index (κ1) is 11.2. The molecule has 1 fully saturated rings. The van der Waals surface area contributed by atoms with E-state index in [-0.39, 0.29) is 5.91 Å². The average molecular weight is 244 g/mol. The van der Waals surface area contributed by atoms with Gasteiger partial charge in [-0.05, 0) is 36.7 Å². The number of fused-ring (bicyclic) bond motifs is 1. The Bertz CT molecular complexity index is 559. The second-order valence-corrected chi connectivity index (χ2v) is 4.72. The molecule has 3 N–H and O–H groups in total. The molecule has 2 aromatic rings. The summed E-state index contributed by atoms with van der Waals surface area (Å²) in [5.74, 6) is 0.636. The largest absolute Gasteiger partial charge is 0.352 e. The van der Waals surface area contributed by atoms with Gasteiger partial charge >= 0.3 is 0 Å². The number of rotatable bonds is 4. The van der Waals surface area contributed by atoms with E-state index >= 15 is 0 Å². The Balaban J connectivity index is 1.62. The number of carbonyl (C=O) groups excluding carboxylic acids is 1. The summed E-state index contributed by atoms with van der Waals surface area (Å²) >= 11 is 0. The van der Waals surface area contributed by atoms with Gasteiger partial charge in [-0.3, -0.25) is 4.79 Å². The van der Waals surface area contributed by atoms with Crippen LogP contribution in [0, 0.1) is 5.92 Å². The van der Waals surface area contributed by atoms with Crippen molar-refractivity contribution in [3.8, 4) is 0 Å². The quantitative estimate of drug-likeness (QED) is 0.744.